The molecule has 0 saturated heterocycles. The topological polar surface area (TPSA) is 104 Å². The van der Waals surface area contributed by atoms with E-state index in [1.165, 1.54) is 58.9 Å². The van der Waals surface area contributed by atoms with Crippen LogP contribution in [0.25, 0.3) is 0 Å². The highest BCUT2D eigenvalue weighted by Gasteiger charge is 2.28. The van der Waals surface area contributed by atoms with Gasteiger partial charge in [-0.05, 0) is 61.5 Å². The van der Waals surface area contributed by atoms with Gasteiger partial charge in [-0.15, -0.1) is 0 Å². The number of nitrogens with zero attached hydrogens (tertiary/aromatic N) is 2. The van der Waals surface area contributed by atoms with E-state index in [2.05, 4.69) is 5.32 Å². The second kappa shape index (κ2) is 11.8. The highest BCUT2D eigenvalue weighted by atomic mass is 35.5. The van der Waals surface area contributed by atoms with Crippen molar-refractivity contribution in [3.8, 4) is 0 Å². The normalized spacial score (nSPS) is 11.9. The molecule has 0 atom stereocenters. The maximum absolute atomic E-state index is 13.5. The van der Waals surface area contributed by atoms with Gasteiger partial charge < -0.3 is 5.32 Å². The van der Waals surface area contributed by atoms with Crippen molar-refractivity contribution in [1.82, 2.24) is 4.31 Å². The van der Waals surface area contributed by atoms with E-state index in [-0.39, 0.29) is 25.5 Å². The number of aryl methyl sites for hydroxylation is 1. The summed E-state index contributed by atoms with van der Waals surface area (Å²) in [5, 5.41) is 3.00. The first-order valence-electron chi connectivity index (χ1n) is 11.3. The number of benzene rings is 3. The molecule has 198 valence electrons. The molecule has 0 aliphatic rings. The Hall–Kier alpha value is -2.63. The van der Waals surface area contributed by atoms with E-state index >= 15 is 0 Å². The Kier molecular flexibility index (Phi) is 9.25. The lowest BCUT2D eigenvalue weighted by molar-refractivity contribution is -0.114. The van der Waals surface area contributed by atoms with Crippen LogP contribution >= 0.6 is 23.2 Å². The first-order chi connectivity index (χ1) is 17.4. The predicted octanol–water partition coefficient (Wildman–Crippen LogP) is 5.17. The summed E-state index contributed by atoms with van der Waals surface area (Å²) in [5.74, 6) is -0.638. The second-order valence-corrected chi connectivity index (χ2v) is 12.7. The standard InChI is InChI=1S/C25H27Cl2N3O5S2/c1-4-29(5-2)36(32,33)21-13-8-19(9-14-21)28-25(31)17-30(20-10-15-23(26)24(27)16-20)37(34,35)22-11-6-18(3)7-12-22/h6-16H,4-5,17H2,1-3H3,(H,28,31). The maximum atomic E-state index is 13.5. The van der Waals surface area contributed by atoms with Crippen molar-refractivity contribution in [3.05, 3.63) is 82.3 Å². The summed E-state index contributed by atoms with van der Waals surface area (Å²) >= 11 is 12.1. The van der Waals surface area contributed by atoms with E-state index < -0.39 is 32.5 Å². The monoisotopic (exact) mass is 583 g/mol. The predicted molar refractivity (Wildman–Crippen MR) is 147 cm³/mol. The zero-order valence-electron chi connectivity index (χ0n) is 20.5. The number of amides is 1. The SMILES string of the molecule is CCN(CC)S(=O)(=O)c1ccc(NC(=O)CN(c2ccc(Cl)c(Cl)c2)S(=O)(=O)c2ccc(C)cc2)cc1. The van der Waals surface area contributed by atoms with Crippen LogP contribution in [0, 0.1) is 6.92 Å². The van der Waals surface area contributed by atoms with E-state index in [0.717, 1.165) is 9.87 Å². The Balaban J connectivity index is 1.89. The number of rotatable bonds is 10. The third-order valence-electron chi connectivity index (χ3n) is 5.57. The van der Waals surface area contributed by atoms with Crippen molar-refractivity contribution in [2.24, 2.45) is 0 Å². The van der Waals surface area contributed by atoms with Crippen LogP contribution in [0.1, 0.15) is 19.4 Å². The van der Waals surface area contributed by atoms with Crippen molar-refractivity contribution in [2.45, 2.75) is 30.6 Å². The molecule has 0 aliphatic heterocycles. The Morgan fingerprint density at radius 3 is 1.86 bits per heavy atom. The minimum atomic E-state index is -4.14. The number of hydrogen-bond donors (Lipinski definition) is 1. The number of halogens is 2. The third-order valence-corrected chi connectivity index (χ3v) is 10.2. The average molecular weight is 585 g/mol. The molecule has 8 nitrogen and oxygen atoms in total. The number of carbonyl (C=O) groups excluding carboxylic acids is 1. The molecule has 3 aromatic rings. The van der Waals surface area contributed by atoms with Gasteiger partial charge in [0.2, 0.25) is 15.9 Å². The van der Waals surface area contributed by atoms with E-state index in [9.17, 15) is 21.6 Å². The summed E-state index contributed by atoms with van der Waals surface area (Å²) in [4.78, 5) is 13.1. The fraction of sp³-hybridized carbons (Fsp3) is 0.240. The zero-order chi connectivity index (χ0) is 27.4. The van der Waals surface area contributed by atoms with Gasteiger partial charge in [-0.3, -0.25) is 9.10 Å². The Morgan fingerprint density at radius 1 is 0.784 bits per heavy atom. The van der Waals surface area contributed by atoms with Crippen LogP contribution in [0.5, 0.6) is 0 Å². The van der Waals surface area contributed by atoms with Crippen molar-refractivity contribution in [3.63, 3.8) is 0 Å². The fourth-order valence-electron chi connectivity index (χ4n) is 3.55. The van der Waals surface area contributed by atoms with Gasteiger partial charge in [-0.1, -0.05) is 54.7 Å². The molecule has 0 saturated carbocycles. The molecule has 0 heterocycles. The van der Waals surface area contributed by atoms with Crippen LogP contribution in [-0.4, -0.2) is 46.7 Å². The number of sulfonamides is 2. The molecular formula is C25H27Cl2N3O5S2. The lowest BCUT2D eigenvalue weighted by Crippen LogP contribution is -2.38. The molecule has 37 heavy (non-hydrogen) atoms. The number of hydrogen-bond acceptors (Lipinski definition) is 5. The van der Waals surface area contributed by atoms with Crippen molar-refractivity contribution in [1.29, 1.82) is 0 Å². The largest absolute Gasteiger partial charge is 0.325 e. The minimum Gasteiger partial charge on any atom is -0.325 e. The van der Waals surface area contributed by atoms with Crippen LogP contribution in [0.4, 0.5) is 11.4 Å². The van der Waals surface area contributed by atoms with Crippen LogP contribution in [0.3, 0.4) is 0 Å². The lowest BCUT2D eigenvalue weighted by Gasteiger charge is -2.24. The minimum absolute atomic E-state index is 0.00272. The van der Waals surface area contributed by atoms with Gasteiger partial charge in [-0.25, -0.2) is 16.8 Å². The van der Waals surface area contributed by atoms with Crippen molar-refractivity contribution < 1.29 is 21.6 Å². The molecule has 3 aromatic carbocycles. The molecule has 0 radical (unpaired) electrons. The van der Waals surface area contributed by atoms with Crippen LogP contribution in [-0.2, 0) is 24.8 Å². The second-order valence-electron chi connectivity index (χ2n) is 8.09. The summed E-state index contributed by atoms with van der Waals surface area (Å²) < 4.78 is 54.7. The molecule has 3 rings (SSSR count). The fourth-order valence-corrected chi connectivity index (χ4v) is 6.71. The summed E-state index contributed by atoms with van der Waals surface area (Å²) in [6.07, 6.45) is 0. The molecule has 0 spiro atoms. The molecule has 0 unspecified atom stereocenters. The molecule has 1 amide bonds. The lowest BCUT2D eigenvalue weighted by atomic mass is 10.2. The molecule has 1 N–H and O–H groups in total. The molecule has 0 bridgehead atoms. The molecule has 0 aliphatic carbocycles. The number of anilines is 2. The first-order valence-corrected chi connectivity index (χ1v) is 15.0. The van der Waals surface area contributed by atoms with E-state index in [1.54, 1.807) is 26.0 Å². The quantitative estimate of drug-likeness (QED) is 0.354. The Morgan fingerprint density at radius 2 is 1.32 bits per heavy atom. The smallest absolute Gasteiger partial charge is 0.264 e. The summed E-state index contributed by atoms with van der Waals surface area (Å²) in [5.41, 5.74) is 1.35. The summed E-state index contributed by atoms with van der Waals surface area (Å²) in [7, 11) is -7.80. The van der Waals surface area contributed by atoms with E-state index in [1.807, 2.05) is 6.92 Å². The van der Waals surface area contributed by atoms with Gasteiger partial charge in [0.05, 0.1) is 25.5 Å². The van der Waals surface area contributed by atoms with E-state index in [0.29, 0.717) is 18.8 Å². The number of carbonyl (C=O) groups is 1. The van der Waals surface area contributed by atoms with Gasteiger partial charge in [0, 0.05) is 18.8 Å². The third kappa shape index (κ3) is 6.63. The molecule has 12 heteroatoms. The van der Waals surface area contributed by atoms with Crippen LogP contribution in [0.15, 0.2) is 76.5 Å². The van der Waals surface area contributed by atoms with E-state index in [4.69, 9.17) is 23.2 Å². The van der Waals surface area contributed by atoms with Gasteiger partial charge in [0.15, 0.2) is 0 Å². The zero-order valence-corrected chi connectivity index (χ0v) is 23.6. The highest BCUT2D eigenvalue weighted by molar-refractivity contribution is 7.92. The Bertz CT molecular complexity index is 1470. The average Bonchev–Trinajstić information content (AvgIpc) is 2.85. The molecular weight excluding hydrogens is 557 g/mol. The van der Waals surface area contributed by atoms with Crippen molar-refractivity contribution >= 4 is 60.5 Å². The van der Waals surface area contributed by atoms with Gasteiger partial charge >= 0.3 is 0 Å². The van der Waals surface area contributed by atoms with Gasteiger partial charge in [-0.2, -0.15) is 4.31 Å². The summed E-state index contributed by atoms with van der Waals surface area (Å²) in [6.45, 7) is 5.43. The maximum Gasteiger partial charge on any atom is 0.264 e. The van der Waals surface area contributed by atoms with Crippen LogP contribution < -0.4 is 9.62 Å². The molecule has 0 aromatic heterocycles. The Labute approximate surface area is 227 Å². The van der Waals surface area contributed by atoms with Crippen LogP contribution in [0.2, 0.25) is 10.0 Å². The molecule has 0 fully saturated rings. The summed E-state index contributed by atoms with van der Waals surface area (Å²) in [6, 6.07) is 16.2. The van der Waals surface area contributed by atoms with Gasteiger partial charge in [0.25, 0.3) is 10.0 Å². The first kappa shape index (κ1) is 28.9. The van der Waals surface area contributed by atoms with Crippen molar-refractivity contribution in [2.75, 3.05) is 29.3 Å². The number of nitrogens with one attached hydrogen (secondary N) is 1. The van der Waals surface area contributed by atoms with Gasteiger partial charge in [0.1, 0.15) is 6.54 Å². The highest BCUT2D eigenvalue weighted by Crippen LogP contribution is 2.30.